The Morgan fingerprint density at radius 3 is 3.00 bits per heavy atom. The largest absolute Gasteiger partial charge is 0.472 e. The molecule has 1 N–H and O–H groups in total. The van der Waals surface area contributed by atoms with Gasteiger partial charge in [-0.25, -0.2) is 0 Å². The van der Waals surface area contributed by atoms with Gasteiger partial charge in [-0.15, -0.1) is 0 Å². The lowest BCUT2D eigenvalue weighted by atomic mass is 9.91. The zero-order chi connectivity index (χ0) is 11.2. The molecule has 2 heteroatoms. The van der Waals surface area contributed by atoms with Gasteiger partial charge in [0.2, 0.25) is 0 Å². The molecule has 0 spiro atoms. The van der Waals surface area contributed by atoms with Crippen molar-refractivity contribution in [1.29, 1.82) is 0 Å². The van der Waals surface area contributed by atoms with E-state index in [1.807, 2.05) is 6.26 Å². The third-order valence-electron chi connectivity index (χ3n) is 3.17. The minimum atomic E-state index is 0.374. The van der Waals surface area contributed by atoms with Crippen LogP contribution in [0.4, 0.5) is 0 Å². The highest BCUT2D eigenvalue weighted by atomic mass is 16.3. The van der Waals surface area contributed by atoms with Crippen LogP contribution in [0.3, 0.4) is 0 Å². The van der Waals surface area contributed by atoms with Crippen molar-refractivity contribution in [3.63, 3.8) is 0 Å². The molecule has 2 nitrogen and oxygen atoms in total. The van der Waals surface area contributed by atoms with Crippen molar-refractivity contribution in [2.45, 2.75) is 45.1 Å². The molecule has 0 saturated carbocycles. The van der Waals surface area contributed by atoms with Crippen LogP contribution < -0.4 is 5.32 Å². The van der Waals surface area contributed by atoms with Crippen molar-refractivity contribution >= 4 is 0 Å². The van der Waals surface area contributed by atoms with Gasteiger partial charge < -0.3 is 9.73 Å². The zero-order valence-electron chi connectivity index (χ0n) is 10.0. The number of hydrogen-bond donors (Lipinski definition) is 1. The van der Waals surface area contributed by atoms with Crippen LogP contribution in [0.1, 0.15) is 50.6 Å². The maximum Gasteiger partial charge on any atom is 0.0953 e. The fourth-order valence-electron chi connectivity index (χ4n) is 2.32. The quantitative estimate of drug-likeness (QED) is 0.761. The highest BCUT2D eigenvalue weighted by molar-refractivity contribution is 5.25. The molecule has 0 amide bonds. The van der Waals surface area contributed by atoms with Crippen LogP contribution in [0.15, 0.2) is 34.7 Å². The fourth-order valence-corrected chi connectivity index (χ4v) is 2.32. The van der Waals surface area contributed by atoms with E-state index >= 15 is 0 Å². The minimum Gasteiger partial charge on any atom is -0.472 e. The molecular weight excluding hydrogens is 198 g/mol. The van der Waals surface area contributed by atoms with Gasteiger partial charge in [-0.3, -0.25) is 0 Å². The molecule has 1 heterocycles. The molecule has 1 unspecified atom stereocenters. The van der Waals surface area contributed by atoms with E-state index in [1.54, 1.807) is 11.8 Å². The minimum absolute atomic E-state index is 0.374. The third-order valence-corrected chi connectivity index (χ3v) is 3.17. The second kappa shape index (κ2) is 5.90. The molecule has 0 fully saturated rings. The lowest BCUT2D eigenvalue weighted by Gasteiger charge is -2.23. The highest BCUT2D eigenvalue weighted by Gasteiger charge is 2.18. The highest BCUT2D eigenvalue weighted by Crippen LogP contribution is 2.29. The molecule has 0 aromatic carbocycles. The van der Waals surface area contributed by atoms with Gasteiger partial charge in [0.1, 0.15) is 0 Å². The first-order valence-corrected chi connectivity index (χ1v) is 6.36. The summed E-state index contributed by atoms with van der Waals surface area (Å²) in [5.41, 5.74) is 2.81. The Kier molecular flexibility index (Phi) is 4.23. The Bertz CT molecular complexity index is 327. The van der Waals surface area contributed by atoms with Gasteiger partial charge in [0.15, 0.2) is 0 Å². The monoisotopic (exact) mass is 219 g/mol. The zero-order valence-corrected chi connectivity index (χ0v) is 10.0. The maximum absolute atomic E-state index is 5.20. The Hall–Kier alpha value is -1.02. The van der Waals surface area contributed by atoms with Crippen molar-refractivity contribution in [1.82, 2.24) is 5.32 Å². The average molecular weight is 219 g/mol. The second-order valence-electron chi connectivity index (χ2n) is 4.47. The van der Waals surface area contributed by atoms with Crippen LogP contribution in [0.5, 0.6) is 0 Å². The summed E-state index contributed by atoms with van der Waals surface area (Å²) in [4.78, 5) is 0. The van der Waals surface area contributed by atoms with Gasteiger partial charge in [-0.05, 0) is 44.7 Å². The van der Waals surface area contributed by atoms with E-state index in [0.29, 0.717) is 6.04 Å². The van der Waals surface area contributed by atoms with Crippen molar-refractivity contribution in [3.05, 3.63) is 35.8 Å². The van der Waals surface area contributed by atoms with Gasteiger partial charge in [0.25, 0.3) is 0 Å². The lowest BCUT2D eigenvalue weighted by molar-refractivity contribution is 0.527. The van der Waals surface area contributed by atoms with Crippen molar-refractivity contribution < 1.29 is 4.42 Å². The molecule has 0 bridgehead atoms. The van der Waals surface area contributed by atoms with E-state index in [1.165, 1.54) is 37.7 Å². The van der Waals surface area contributed by atoms with Gasteiger partial charge in [0.05, 0.1) is 18.6 Å². The van der Waals surface area contributed by atoms with Gasteiger partial charge in [-0.2, -0.15) is 0 Å². The van der Waals surface area contributed by atoms with E-state index in [0.717, 1.165) is 6.54 Å². The SMILES string of the molecule is CCCNC(C1=CCCCC1)c1ccoc1. The van der Waals surface area contributed by atoms with E-state index in [9.17, 15) is 0 Å². The van der Waals surface area contributed by atoms with Crippen LogP contribution in [0.25, 0.3) is 0 Å². The Morgan fingerprint density at radius 2 is 2.38 bits per heavy atom. The number of hydrogen-bond acceptors (Lipinski definition) is 2. The van der Waals surface area contributed by atoms with E-state index in [4.69, 9.17) is 4.42 Å². The summed E-state index contributed by atoms with van der Waals surface area (Å²) in [5, 5.41) is 3.61. The average Bonchev–Trinajstić information content (AvgIpc) is 2.85. The van der Waals surface area contributed by atoms with Gasteiger partial charge in [-0.1, -0.05) is 18.6 Å². The summed E-state index contributed by atoms with van der Waals surface area (Å²) in [7, 11) is 0. The Balaban J connectivity index is 2.10. The summed E-state index contributed by atoms with van der Waals surface area (Å²) in [6.07, 6.45) is 12.3. The van der Waals surface area contributed by atoms with E-state index < -0.39 is 0 Å². The number of nitrogens with one attached hydrogen (secondary N) is 1. The second-order valence-corrected chi connectivity index (χ2v) is 4.47. The van der Waals surface area contributed by atoms with Crippen molar-refractivity contribution in [2.75, 3.05) is 6.54 Å². The summed E-state index contributed by atoms with van der Waals surface area (Å²) >= 11 is 0. The molecule has 88 valence electrons. The first-order valence-electron chi connectivity index (χ1n) is 6.36. The molecule has 1 atom stereocenters. The summed E-state index contributed by atoms with van der Waals surface area (Å²) in [6, 6.07) is 2.45. The van der Waals surface area contributed by atoms with Crippen LogP contribution in [0.2, 0.25) is 0 Å². The molecule has 0 radical (unpaired) electrons. The van der Waals surface area contributed by atoms with E-state index in [-0.39, 0.29) is 0 Å². The Labute approximate surface area is 97.7 Å². The molecule has 1 aliphatic carbocycles. The molecule has 0 aliphatic heterocycles. The molecule has 1 aromatic heterocycles. The first-order chi connectivity index (χ1) is 7.92. The number of rotatable bonds is 5. The van der Waals surface area contributed by atoms with Crippen LogP contribution >= 0.6 is 0 Å². The molecular formula is C14H21NO. The van der Waals surface area contributed by atoms with Crippen LogP contribution in [0, 0.1) is 0 Å². The van der Waals surface area contributed by atoms with Gasteiger partial charge in [0, 0.05) is 5.56 Å². The molecule has 1 aliphatic rings. The fraction of sp³-hybridized carbons (Fsp3) is 0.571. The number of furan rings is 1. The van der Waals surface area contributed by atoms with Gasteiger partial charge >= 0.3 is 0 Å². The summed E-state index contributed by atoms with van der Waals surface area (Å²) in [6.45, 7) is 3.27. The third kappa shape index (κ3) is 2.76. The van der Waals surface area contributed by atoms with Crippen LogP contribution in [-0.2, 0) is 0 Å². The standard InChI is InChI=1S/C14H21NO/c1-2-9-15-14(13-8-10-16-11-13)12-6-4-3-5-7-12/h6,8,10-11,14-15H,2-5,7,9H2,1H3. The predicted molar refractivity (Wildman–Crippen MR) is 66.3 cm³/mol. The van der Waals surface area contributed by atoms with Crippen LogP contribution in [-0.4, -0.2) is 6.54 Å². The Morgan fingerprint density at radius 1 is 1.44 bits per heavy atom. The topological polar surface area (TPSA) is 25.2 Å². The molecule has 1 aromatic rings. The van der Waals surface area contributed by atoms with Crippen molar-refractivity contribution in [2.24, 2.45) is 0 Å². The molecule has 16 heavy (non-hydrogen) atoms. The number of allylic oxidation sites excluding steroid dienone is 1. The maximum atomic E-state index is 5.20. The first kappa shape index (κ1) is 11.5. The lowest BCUT2D eigenvalue weighted by Crippen LogP contribution is -2.24. The summed E-state index contributed by atoms with van der Waals surface area (Å²) in [5.74, 6) is 0. The summed E-state index contributed by atoms with van der Waals surface area (Å²) < 4.78 is 5.20. The molecule has 0 saturated heterocycles. The predicted octanol–water partition coefficient (Wildman–Crippen LogP) is 3.82. The normalized spacial score (nSPS) is 18.2. The van der Waals surface area contributed by atoms with E-state index in [2.05, 4.69) is 24.4 Å². The smallest absolute Gasteiger partial charge is 0.0953 e. The molecule has 2 rings (SSSR count). The van der Waals surface area contributed by atoms with Crippen molar-refractivity contribution in [3.8, 4) is 0 Å².